The third kappa shape index (κ3) is 4.95. The van der Waals surface area contributed by atoms with Crippen LogP contribution >= 0.6 is 0 Å². The second kappa shape index (κ2) is 8.66. The van der Waals surface area contributed by atoms with Gasteiger partial charge in [0.25, 0.3) is 0 Å². The minimum Gasteiger partial charge on any atom is -0.496 e. The van der Waals surface area contributed by atoms with Crippen molar-refractivity contribution in [2.24, 2.45) is 4.99 Å². The summed E-state index contributed by atoms with van der Waals surface area (Å²) in [5.41, 5.74) is -4.76. The van der Waals surface area contributed by atoms with Gasteiger partial charge in [-0.25, -0.2) is 18.7 Å². The number of hydrogen-bond acceptors (Lipinski definition) is 5. The first kappa shape index (κ1) is 24.5. The van der Waals surface area contributed by atoms with E-state index < -0.39 is 35.2 Å². The standard InChI is InChI=1S/C23H22F5N3O2/c1-13-29-10-15-18(7-6-17(25)20(15)31-13)30-12-22(32,23(26,27)28)11-21(2,3)16-9-14(24)5-8-19(16)33-4/h5-10,12,32H,11H2,1-4H3. The highest BCUT2D eigenvalue weighted by Gasteiger charge is 2.55. The van der Waals surface area contributed by atoms with E-state index in [9.17, 15) is 27.1 Å². The molecule has 176 valence electrons. The third-order valence-electron chi connectivity index (χ3n) is 5.31. The zero-order chi connectivity index (χ0) is 24.6. The number of alkyl halides is 3. The number of halogens is 5. The van der Waals surface area contributed by atoms with Crippen molar-refractivity contribution >= 4 is 22.8 Å². The second-order valence-electron chi connectivity index (χ2n) is 8.33. The van der Waals surface area contributed by atoms with Crippen molar-refractivity contribution in [3.05, 3.63) is 59.6 Å². The van der Waals surface area contributed by atoms with Gasteiger partial charge in [-0.2, -0.15) is 13.2 Å². The molecule has 0 fully saturated rings. The van der Waals surface area contributed by atoms with Crippen molar-refractivity contribution in [3.63, 3.8) is 0 Å². The molecule has 1 heterocycles. The fraction of sp³-hybridized carbons (Fsp3) is 0.348. The predicted molar refractivity (Wildman–Crippen MR) is 114 cm³/mol. The van der Waals surface area contributed by atoms with E-state index in [2.05, 4.69) is 15.0 Å². The summed E-state index contributed by atoms with van der Waals surface area (Å²) in [5.74, 6) is -0.879. The van der Waals surface area contributed by atoms with Crippen molar-refractivity contribution < 1.29 is 31.8 Å². The van der Waals surface area contributed by atoms with E-state index in [4.69, 9.17) is 4.74 Å². The molecule has 10 heteroatoms. The molecule has 0 aliphatic carbocycles. The number of aromatic nitrogens is 2. The Labute approximate surface area is 187 Å². The van der Waals surface area contributed by atoms with Gasteiger partial charge in [0.05, 0.1) is 12.8 Å². The van der Waals surface area contributed by atoms with Crippen molar-refractivity contribution in [2.45, 2.75) is 44.4 Å². The number of aliphatic hydroxyl groups is 1. The van der Waals surface area contributed by atoms with Crippen LogP contribution in [0, 0.1) is 18.6 Å². The van der Waals surface area contributed by atoms with Crippen LogP contribution in [-0.2, 0) is 5.41 Å². The minimum absolute atomic E-state index is 0.0461. The maximum absolute atomic E-state index is 14.1. The molecule has 0 saturated heterocycles. The predicted octanol–water partition coefficient (Wildman–Crippen LogP) is 5.59. The fourth-order valence-electron chi connectivity index (χ4n) is 3.65. The Morgan fingerprint density at radius 3 is 2.45 bits per heavy atom. The van der Waals surface area contributed by atoms with Crippen LogP contribution in [0.15, 0.2) is 41.5 Å². The van der Waals surface area contributed by atoms with E-state index in [0.717, 1.165) is 18.2 Å². The normalized spacial score (nSPS) is 14.6. The lowest BCUT2D eigenvalue weighted by Crippen LogP contribution is -2.50. The summed E-state index contributed by atoms with van der Waals surface area (Å²) < 4.78 is 75.2. The summed E-state index contributed by atoms with van der Waals surface area (Å²) in [5, 5.41) is 10.8. The SMILES string of the molecule is COc1ccc(F)cc1C(C)(C)CC(O)(C=Nc1ccc(F)c2nc(C)ncc12)C(F)(F)F. The minimum atomic E-state index is -5.11. The molecule has 0 amide bonds. The summed E-state index contributed by atoms with van der Waals surface area (Å²) in [6.07, 6.45) is -4.38. The van der Waals surface area contributed by atoms with Gasteiger partial charge in [0.1, 0.15) is 28.7 Å². The molecule has 3 aromatic rings. The average Bonchev–Trinajstić information content (AvgIpc) is 2.72. The summed E-state index contributed by atoms with van der Waals surface area (Å²) >= 11 is 0. The zero-order valence-corrected chi connectivity index (χ0v) is 18.3. The van der Waals surface area contributed by atoms with Gasteiger partial charge in [-0.1, -0.05) is 13.8 Å². The van der Waals surface area contributed by atoms with Crippen LogP contribution in [0.25, 0.3) is 10.9 Å². The summed E-state index contributed by atoms with van der Waals surface area (Å²) in [4.78, 5) is 11.7. The Morgan fingerprint density at radius 2 is 1.82 bits per heavy atom. The van der Waals surface area contributed by atoms with Crippen LogP contribution in [0.2, 0.25) is 0 Å². The van der Waals surface area contributed by atoms with Crippen LogP contribution in [0.4, 0.5) is 27.6 Å². The number of benzene rings is 2. The smallest absolute Gasteiger partial charge is 0.422 e. The number of aliphatic imine (C=N–C) groups is 1. The molecule has 1 N–H and O–H groups in total. The summed E-state index contributed by atoms with van der Waals surface area (Å²) in [6.45, 7) is 4.40. The number of aryl methyl sites for hydroxylation is 1. The number of fused-ring (bicyclic) bond motifs is 1. The highest BCUT2D eigenvalue weighted by molar-refractivity contribution is 5.91. The van der Waals surface area contributed by atoms with Gasteiger partial charge in [-0.05, 0) is 49.1 Å². The van der Waals surface area contributed by atoms with E-state index in [1.165, 1.54) is 39.3 Å². The lowest BCUT2D eigenvalue weighted by molar-refractivity contribution is -0.234. The highest BCUT2D eigenvalue weighted by atomic mass is 19.4. The monoisotopic (exact) mass is 467 g/mol. The number of nitrogens with zero attached hydrogens (tertiary/aromatic N) is 3. The average molecular weight is 467 g/mol. The van der Waals surface area contributed by atoms with Crippen molar-refractivity contribution in [1.29, 1.82) is 0 Å². The Kier molecular flexibility index (Phi) is 6.43. The summed E-state index contributed by atoms with van der Waals surface area (Å²) in [7, 11) is 1.31. The van der Waals surface area contributed by atoms with E-state index in [1.807, 2.05) is 0 Å². The third-order valence-corrected chi connectivity index (χ3v) is 5.31. The van der Waals surface area contributed by atoms with Crippen LogP contribution in [-0.4, -0.2) is 40.2 Å². The molecular weight excluding hydrogens is 445 g/mol. The molecule has 5 nitrogen and oxygen atoms in total. The van der Waals surface area contributed by atoms with Gasteiger partial charge in [0, 0.05) is 23.4 Å². The molecule has 0 spiro atoms. The van der Waals surface area contributed by atoms with Gasteiger partial charge in [0.15, 0.2) is 5.60 Å². The second-order valence-corrected chi connectivity index (χ2v) is 8.33. The molecule has 33 heavy (non-hydrogen) atoms. The Balaban J connectivity index is 2.06. The van der Waals surface area contributed by atoms with Crippen molar-refractivity contribution in [3.8, 4) is 5.75 Å². The molecule has 2 aromatic carbocycles. The molecule has 3 rings (SSSR count). The van der Waals surface area contributed by atoms with Gasteiger partial charge >= 0.3 is 6.18 Å². The van der Waals surface area contributed by atoms with E-state index >= 15 is 0 Å². The molecule has 0 saturated carbocycles. The largest absolute Gasteiger partial charge is 0.496 e. The topological polar surface area (TPSA) is 67.6 Å². The lowest BCUT2D eigenvalue weighted by atomic mass is 9.74. The Hall–Kier alpha value is -3.14. The van der Waals surface area contributed by atoms with Crippen molar-refractivity contribution in [1.82, 2.24) is 9.97 Å². The molecule has 0 bridgehead atoms. The fourth-order valence-corrected chi connectivity index (χ4v) is 3.65. The first-order chi connectivity index (χ1) is 15.3. The first-order valence-corrected chi connectivity index (χ1v) is 9.87. The van der Waals surface area contributed by atoms with Crippen LogP contribution in [0.3, 0.4) is 0 Å². The maximum Gasteiger partial charge on any atom is 0.422 e. The van der Waals surface area contributed by atoms with Gasteiger partial charge in [-0.3, -0.25) is 4.99 Å². The van der Waals surface area contributed by atoms with Crippen LogP contribution in [0.5, 0.6) is 5.75 Å². The first-order valence-electron chi connectivity index (χ1n) is 9.87. The molecule has 1 atom stereocenters. The van der Waals surface area contributed by atoms with E-state index in [-0.39, 0.29) is 33.7 Å². The van der Waals surface area contributed by atoms with E-state index in [1.54, 1.807) is 6.92 Å². The number of methoxy groups -OCH3 is 1. The van der Waals surface area contributed by atoms with Crippen LogP contribution < -0.4 is 4.74 Å². The summed E-state index contributed by atoms with van der Waals surface area (Å²) in [6, 6.07) is 5.69. The Bertz CT molecular complexity index is 1210. The molecule has 1 aromatic heterocycles. The lowest BCUT2D eigenvalue weighted by Gasteiger charge is -2.36. The van der Waals surface area contributed by atoms with Gasteiger partial charge < -0.3 is 9.84 Å². The molecule has 0 radical (unpaired) electrons. The quantitative estimate of drug-likeness (QED) is 0.379. The Morgan fingerprint density at radius 1 is 1.12 bits per heavy atom. The van der Waals surface area contributed by atoms with Crippen LogP contribution in [0.1, 0.15) is 31.7 Å². The molecule has 0 aliphatic heterocycles. The number of ether oxygens (including phenoxy) is 1. The number of rotatable bonds is 6. The van der Waals surface area contributed by atoms with Gasteiger partial charge in [-0.15, -0.1) is 0 Å². The highest BCUT2D eigenvalue weighted by Crippen LogP contribution is 2.43. The zero-order valence-electron chi connectivity index (χ0n) is 18.3. The molecule has 1 unspecified atom stereocenters. The number of hydrogen-bond donors (Lipinski definition) is 1. The molecular formula is C23H22F5N3O2. The maximum atomic E-state index is 14.1. The van der Waals surface area contributed by atoms with E-state index in [0.29, 0.717) is 6.21 Å². The van der Waals surface area contributed by atoms with Gasteiger partial charge in [0.2, 0.25) is 0 Å². The van der Waals surface area contributed by atoms with Crippen molar-refractivity contribution in [2.75, 3.05) is 7.11 Å². The molecule has 0 aliphatic rings.